The number of rotatable bonds is 4. The maximum Gasteiger partial charge on any atom is 0.231 e. The first kappa shape index (κ1) is 15.7. The summed E-state index contributed by atoms with van der Waals surface area (Å²) >= 11 is 1.39. The lowest BCUT2D eigenvalue weighted by Crippen LogP contribution is -2.15. The van der Waals surface area contributed by atoms with E-state index < -0.39 is 0 Å². The van der Waals surface area contributed by atoms with Gasteiger partial charge in [-0.3, -0.25) is 4.79 Å². The first-order valence-corrected chi connectivity index (χ1v) is 7.71. The summed E-state index contributed by atoms with van der Waals surface area (Å²) in [5.74, 6) is -0.0997. The minimum atomic E-state index is -0.0997. The summed E-state index contributed by atoms with van der Waals surface area (Å²) in [6.45, 7) is 6.37. The summed E-state index contributed by atoms with van der Waals surface area (Å²) in [5.41, 5.74) is 2.72. The molecule has 0 atom stereocenters. The van der Waals surface area contributed by atoms with E-state index in [0.717, 1.165) is 5.69 Å². The molecule has 0 bridgehead atoms. The van der Waals surface area contributed by atoms with E-state index in [4.69, 9.17) is 5.11 Å². The third-order valence-electron chi connectivity index (χ3n) is 3.11. The SMILES string of the molecule is CC(C)(C)c1ccc(NC(=O)Cc2nc(CO)cs2)cc1. The van der Waals surface area contributed by atoms with Gasteiger partial charge in [0.25, 0.3) is 0 Å². The van der Waals surface area contributed by atoms with Gasteiger partial charge >= 0.3 is 0 Å². The molecule has 0 saturated heterocycles. The minimum absolute atomic E-state index is 0.0909. The summed E-state index contributed by atoms with van der Waals surface area (Å²) in [7, 11) is 0. The number of anilines is 1. The van der Waals surface area contributed by atoms with Crippen LogP contribution in [0.25, 0.3) is 0 Å². The lowest BCUT2D eigenvalue weighted by atomic mass is 9.87. The van der Waals surface area contributed by atoms with Gasteiger partial charge < -0.3 is 10.4 Å². The molecule has 2 N–H and O–H groups in total. The average molecular weight is 304 g/mol. The summed E-state index contributed by atoms with van der Waals surface area (Å²) in [4.78, 5) is 16.1. The number of thiazole rings is 1. The molecule has 21 heavy (non-hydrogen) atoms. The van der Waals surface area contributed by atoms with Gasteiger partial charge in [0, 0.05) is 11.1 Å². The number of amides is 1. The van der Waals surface area contributed by atoms with Crippen LogP contribution in [0.3, 0.4) is 0 Å². The van der Waals surface area contributed by atoms with E-state index in [-0.39, 0.29) is 24.3 Å². The highest BCUT2D eigenvalue weighted by atomic mass is 32.1. The molecule has 1 aromatic carbocycles. The Morgan fingerprint density at radius 1 is 1.29 bits per heavy atom. The predicted molar refractivity (Wildman–Crippen MR) is 85.5 cm³/mol. The van der Waals surface area contributed by atoms with E-state index in [1.54, 1.807) is 5.38 Å². The second-order valence-electron chi connectivity index (χ2n) is 5.94. The summed E-state index contributed by atoms with van der Waals surface area (Å²) in [6, 6.07) is 7.89. The number of aliphatic hydroxyl groups is 1. The van der Waals surface area contributed by atoms with Crippen molar-refractivity contribution in [2.45, 2.75) is 39.2 Å². The monoisotopic (exact) mass is 304 g/mol. The van der Waals surface area contributed by atoms with Gasteiger partial charge in [-0.05, 0) is 23.1 Å². The largest absolute Gasteiger partial charge is 0.390 e. The van der Waals surface area contributed by atoms with Crippen molar-refractivity contribution in [3.8, 4) is 0 Å². The van der Waals surface area contributed by atoms with Crippen molar-refractivity contribution in [3.63, 3.8) is 0 Å². The molecular formula is C16H20N2O2S. The highest BCUT2D eigenvalue weighted by Gasteiger charge is 2.13. The lowest BCUT2D eigenvalue weighted by molar-refractivity contribution is -0.115. The maximum atomic E-state index is 12.0. The number of nitrogens with zero attached hydrogens (tertiary/aromatic N) is 1. The molecule has 0 spiro atoms. The molecule has 1 amide bonds. The van der Waals surface area contributed by atoms with Crippen molar-refractivity contribution in [1.29, 1.82) is 0 Å². The summed E-state index contributed by atoms with van der Waals surface area (Å²) < 4.78 is 0. The number of nitrogens with one attached hydrogen (secondary N) is 1. The van der Waals surface area contributed by atoms with Crippen LogP contribution >= 0.6 is 11.3 Å². The van der Waals surface area contributed by atoms with Gasteiger partial charge in [-0.2, -0.15) is 0 Å². The van der Waals surface area contributed by atoms with Crippen LogP contribution < -0.4 is 5.32 Å². The first-order valence-electron chi connectivity index (χ1n) is 6.83. The molecule has 0 aliphatic carbocycles. The van der Waals surface area contributed by atoms with Gasteiger partial charge in [0.1, 0.15) is 5.01 Å². The van der Waals surface area contributed by atoms with Crippen molar-refractivity contribution in [1.82, 2.24) is 4.98 Å². The van der Waals surface area contributed by atoms with Gasteiger partial charge in [0.15, 0.2) is 0 Å². The molecule has 2 rings (SSSR count). The highest BCUT2D eigenvalue weighted by Crippen LogP contribution is 2.23. The molecular weight excluding hydrogens is 284 g/mol. The number of carbonyl (C=O) groups is 1. The third kappa shape index (κ3) is 4.37. The van der Waals surface area contributed by atoms with Crippen molar-refractivity contribution in [3.05, 3.63) is 45.9 Å². The second-order valence-corrected chi connectivity index (χ2v) is 6.89. The summed E-state index contributed by atoms with van der Waals surface area (Å²) in [6.07, 6.45) is 0.228. The van der Waals surface area contributed by atoms with E-state index in [1.165, 1.54) is 16.9 Å². The smallest absolute Gasteiger partial charge is 0.231 e. The van der Waals surface area contributed by atoms with Crippen molar-refractivity contribution in [2.75, 3.05) is 5.32 Å². The number of aromatic nitrogens is 1. The molecule has 0 saturated carbocycles. The van der Waals surface area contributed by atoms with Gasteiger partial charge in [-0.1, -0.05) is 32.9 Å². The zero-order valence-electron chi connectivity index (χ0n) is 12.5. The van der Waals surface area contributed by atoms with Gasteiger partial charge in [0.05, 0.1) is 18.7 Å². The minimum Gasteiger partial charge on any atom is -0.390 e. The fourth-order valence-electron chi connectivity index (χ4n) is 1.90. The zero-order valence-corrected chi connectivity index (χ0v) is 13.3. The van der Waals surface area contributed by atoms with Crippen LogP contribution in [0.4, 0.5) is 5.69 Å². The van der Waals surface area contributed by atoms with Crippen LogP contribution in [0, 0.1) is 0 Å². The fraction of sp³-hybridized carbons (Fsp3) is 0.375. The lowest BCUT2D eigenvalue weighted by Gasteiger charge is -2.19. The van der Waals surface area contributed by atoms with Crippen LogP contribution in [0.2, 0.25) is 0 Å². The molecule has 112 valence electrons. The van der Waals surface area contributed by atoms with Gasteiger partial charge in [-0.25, -0.2) is 4.98 Å². The Morgan fingerprint density at radius 3 is 2.48 bits per heavy atom. The Hall–Kier alpha value is -1.72. The van der Waals surface area contributed by atoms with E-state index in [0.29, 0.717) is 10.7 Å². The first-order chi connectivity index (χ1) is 9.88. The molecule has 0 unspecified atom stereocenters. The van der Waals surface area contributed by atoms with Crippen molar-refractivity contribution < 1.29 is 9.90 Å². The average Bonchev–Trinajstić information content (AvgIpc) is 2.85. The molecule has 5 heteroatoms. The Morgan fingerprint density at radius 2 is 1.95 bits per heavy atom. The van der Waals surface area contributed by atoms with E-state index in [1.807, 2.05) is 24.3 Å². The number of hydrogen-bond donors (Lipinski definition) is 2. The van der Waals surface area contributed by atoms with Crippen LogP contribution in [0.5, 0.6) is 0 Å². The molecule has 4 nitrogen and oxygen atoms in total. The molecule has 1 aromatic heterocycles. The van der Waals surface area contributed by atoms with Crippen LogP contribution in [0.15, 0.2) is 29.6 Å². The topological polar surface area (TPSA) is 62.2 Å². The van der Waals surface area contributed by atoms with Crippen LogP contribution in [-0.2, 0) is 23.2 Å². The Kier molecular flexibility index (Phi) is 4.75. The molecule has 2 aromatic rings. The molecule has 0 aliphatic rings. The Balaban J connectivity index is 1.96. The molecule has 0 fully saturated rings. The number of hydrogen-bond acceptors (Lipinski definition) is 4. The second kappa shape index (κ2) is 6.37. The van der Waals surface area contributed by atoms with E-state index in [9.17, 15) is 4.79 Å². The van der Waals surface area contributed by atoms with E-state index >= 15 is 0 Å². The van der Waals surface area contributed by atoms with Crippen molar-refractivity contribution in [2.24, 2.45) is 0 Å². The van der Waals surface area contributed by atoms with Crippen molar-refractivity contribution >= 4 is 22.9 Å². The zero-order chi connectivity index (χ0) is 15.5. The van der Waals surface area contributed by atoms with E-state index in [2.05, 4.69) is 31.1 Å². The standard InChI is InChI=1S/C16H20N2O2S/c1-16(2,3)11-4-6-12(7-5-11)17-14(20)8-15-18-13(9-19)10-21-15/h4-7,10,19H,8-9H2,1-3H3,(H,17,20). The third-order valence-corrected chi connectivity index (χ3v) is 4.01. The quantitative estimate of drug-likeness (QED) is 0.912. The predicted octanol–water partition coefficient (Wildman–Crippen LogP) is 3.11. The number of benzene rings is 1. The van der Waals surface area contributed by atoms with Crippen LogP contribution in [-0.4, -0.2) is 16.0 Å². The molecule has 1 heterocycles. The maximum absolute atomic E-state index is 12.0. The Bertz CT molecular complexity index is 612. The molecule has 0 radical (unpaired) electrons. The van der Waals surface area contributed by atoms with Gasteiger partial charge in [-0.15, -0.1) is 11.3 Å². The van der Waals surface area contributed by atoms with Crippen LogP contribution in [0.1, 0.15) is 37.0 Å². The molecule has 0 aliphatic heterocycles. The van der Waals surface area contributed by atoms with Gasteiger partial charge in [0.2, 0.25) is 5.91 Å². The number of carbonyl (C=O) groups excluding carboxylic acids is 1. The fourth-order valence-corrected chi connectivity index (χ4v) is 2.68. The normalized spacial score (nSPS) is 11.4. The number of aliphatic hydroxyl groups excluding tert-OH is 1. The Labute approximate surface area is 128 Å². The summed E-state index contributed by atoms with van der Waals surface area (Å²) in [5, 5.41) is 14.3. The highest BCUT2D eigenvalue weighted by molar-refractivity contribution is 7.09.